The molecule has 1 rings (SSSR count). The topological polar surface area (TPSA) is 46.3 Å². The van der Waals surface area contributed by atoms with E-state index < -0.39 is 0 Å². The summed E-state index contributed by atoms with van der Waals surface area (Å²) >= 11 is 0. The first-order valence-electron chi connectivity index (χ1n) is 3.41. The van der Waals surface area contributed by atoms with Crippen LogP contribution >= 0.6 is 0 Å². The highest BCUT2D eigenvalue weighted by Crippen LogP contribution is 2.04. The van der Waals surface area contributed by atoms with Gasteiger partial charge in [0.15, 0.2) is 5.89 Å². The molecule has 0 saturated carbocycles. The molecule has 0 radical (unpaired) electrons. The Kier molecular flexibility index (Phi) is 2.45. The first-order chi connectivity index (χ1) is 4.86. The quantitative estimate of drug-likeness (QED) is 0.686. The lowest BCUT2D eigenvalue weighted by molar-refractivity contribution is 0.243. The molecule has 1 aromatic rings. The van der Waals surface area contributed by atoms with E-state index in [2.05, 4.69) is 11.9 Å². The van der Waals surface area contributed by atoms with E-state index in [0.29, 0.717) is 11.7 Å². The lowest BCUT2D eigenvalue weighted by Gasteiger charge is -1.87. The van der Waals surface area contributed by atoms with E-state index in [1.165, 1.54) is 0 Å². The Hall–Kier alpha value is -0.830. The predicted octanol–water partition coefficient (Wildman–Crippen LogP) is 1.12. The normalized spacial score (nSPS) is 10.2. The highest BCUT2D eigenvalue weighted by Gasteiger charge is 1.99. The zero-order valence-corrected chi connectivity index (χ0v) is 6.00. The van der Waals surface area contributed by atoms with Crippen molar-refractivity contribution in [1.82, 2.24) is 4.98 Å². The molecular formula is C7H11NO2. The van der Waals surface area contributed by atoms with Crippen molar-refractivity contribution in [3.05, 3.63) is 17.8 Å². The van der Waals surface area contributed by atoms with Crippen molar-refractivity contribution in [2.24, 2.45) is 0 Å². The summed E-state index contributed by atoms with van der Waals surface area (Å²) < 4.78 is 5.11. The molecule has 0 amide bonds. The Morgan fingerprint density at radius 3 is 3.00 bits per heavy atom. The van der Waals surface area contributed by atoms with Gasteiger partial charge in [0.2, 0.25) is 0 Å². The van der Waals surface area contributed by atoms with Crippen molar-refractivity contribution in [1.29, 1.82) is 0 Å². The molecule has 0 aliphatic heterocycles. The molecular weight excluding hydrogens is 130 g/mol. The van der Waals surface area contributed by atoms with E-state index in [-0.39, 0.29) is 6.61 Å². The Bertz CT molecular complexity index is 195. The smallest absolute Gasteiger partial charge is 0.194 e. The van der Waals surface area contributed by atoms with Crippen LogP contribution in [0.15, 0.2) is 10.6 Å². The maximum atomic E-state index is 8.59. The number of oxazole rings is 1. The molecule has 1 aromatic heterocycles. The molecule has 1 N–H and O–H groups in total. The number of aliphatic hydroxyl groups is 1. The first-order valence-corrected chi connectivity index (χ1v) is 3.41. The number of rotatable bonds is 3. The first kappa shape index (κ1) is 7.28. The number of hydrogen-bond donors (Lipinski definition) is 1. The number of aromatic nitrogens is 1. The standard InChI is InChI=1S/C7H11NO2/c1-2-3-7-8-4-6(5-9)10-7/h4,9H,2-3,5H2,1H3. The average molecular weight is 141 g/mol. The number of aliphatic hydroxyl groups excluding tert-OH is 1. The van der Waals surface area contributed by atoms with E-state index in [9.17, 15) is 0 Å². The third kappa shape index (κ3) is 1.57. The fraction of sp³-hybridized carbons (Fsp3) is 0.571. The van der Waals surface area contributed by atoms with Gasteiger partial charge in [0.1, 0.15) is 12.4 Å². The van der Waals surface area contributed by atoms with Gasteiger partial charge in [-0.1, -0.05) is 6.92 Å². The van der Waals surface area contributed by atoms with Gasteiger partial charge in [-0.2, -0.15) is 0 Å². The SMILES string of the molecule is CCCc1ncc(CO)o1. The van der Waals surface area contributed by atoms with Crippen LogP contribution in [0, 0.1) is 0 Å². The van der Waals surface area contributed by atoms with Gasteiger partial charge in [-0.05, 0) is 6.42 Å². The van der Waals surface area contributed by atoms with Crippen LogP contribution < -0.4 is 0 Å². The molecule has 0 unspecified atom stereocenters. The van der Waals surface area contributed by atoms with Gasteiger partial charge in [0.25, 0.3) is 0 Å². The third-order valence-electron chi connectivity index (χ3n) is 1.22. The van der Waals surface area contributed by atoms with Crippen LogP contribution in [0.5, 0.6) is 0 Å². The minimum absolute atomic E-state index is 0.0588. The summed E-state index contributed by atoms with van der Waals surface area (Å²) in [5.74, 6) is 1.26. The highest BCUT2D eigenvalue weighted by molar-refractivity contribution is 4.91. The zero-order chi connectivity index (χ0) is 7.40. The van der Waals surface area contributed by atoms with Gasteiger partial charge in [-0.3, -0.25) is 0 Å². The van der Waals surface area contributed by atoms with Crippen LogP contribution in [-0.2, 0) is 13.0 Å². The van der Waals surface area contributed by atoms with E-state index in [4.69, 9.17) is 9.52 Å². The van der Waals surface area contributed by atoms with Crippen LogP contribution in [-0.4, -0.2) is 10.1 Å². The Balaban J connectivity index is 2.59. The predicted molar refractivity (Wildman–Crippen MR) is 36.4 cm³/mol. The molecule has 0 bridgehead atoms. The lowest BCUT2D eigenvalue weighted by Crippen LogP contribution is -1.79. The summed E-state index contributed by atoms with van der Waals surface area (Å²) in [7, 11) is 0. The summed E-state index contributed by atoms with van der Waals surface area (Å²) in [4.78, 5) is 3.95. The minimum atomic E-state index is -0.0588. The van der Waals surface area contributed by atoms with Crippen molar-refractivity contribution in [3.63, 3.8) is 0 Å². The van der Waals surface area contributed by atoms with Crippen molar-refractivity contribution in [2.45, 2.75) is 26.4 Å². The number of nitrogens with zero attached hydrogens (tertiary/aromatic N) is 1. The van der Waals surface area contributed by atoms with E-state index >= 15 is 0 Å². The fourth-order valence-electron chi connectivity index (χ4n) is 0.751. The van der Waals surface area contributed by atoms with E-state index in [0.717, 1.165) is 12.8 Å². The van der Waals surface area contributed by atoms with Crippen LogP contribution in [0.25, 0.3) is 0 Å². The molecule has 10 heavy (non-hydrogen) atoms. The molecule has 56 valence electrons. The van der Waals surface area contributed by atoms with Crippen molar-refractivity contribution < 1.29 is 9.52 Å². The van der Waals surface area contributed by atoms with Crippen molar-refractivity contribution in [2.75, 3.05) is 0 Å². The molecule has 3 heteroatoms. The van der Waals surface area contributed by atoms with E-state index in [1.54, 1.807) is 6.20 Å². The third-order valence-corrected chi connectivity index (χ3v) is 1.22. The minimum Gasteiger partial charge on any atom is -0.443 e. The number of hydrogen-bond acceptors (Lipinski definition) is 3. The Labute approximate surface area is 59.7 Å². The van der Waals surface area contributed by atoms with Gasteiger partial charge >= 0.3 is 0 Å². The second-order valence-corrected chi connectivity index (χ2v) is 2.13. The average Bonchev–Trinajstić information content (AvgIpc) is 2.37. The van der Waals surface area contributed by atoms with Gasteiger partial charge in [0, 0.05) is 6.42 Å². The van der Waals surface area contributed by atoms with Gasteiger partial charge < -0.3 is 9.52 Å². The molecule has 0 aliphatic carbocycles. The van der Waals surface area contributed by atoms with Crippen LogP contribution in [0.2, 0.25) is 0 Å². The lowest BCUT2D eigenvalue weighted by atomic mass is 10.3. The summed E-state index contributed by atoms with van der Waals surface area (Å²) in [6.45, 7) is 2.00. The number of aryl methyl sites for hydroxylation is 1. The summed E-state index contributed by atoms with van der Waals surface area (Å²) in [6, 6.07) is 0. The summed E-state index contributed by atoms with van der Waals surface area (Å²) in [5.41, 5.74) is 0. The maximum Gasteiger partial charge on any atom is 0.194 e. The maximum absolute atomic E-state index is 8.59. The second kappa shape index (κ2) is 3.37. The van der Waals surface area contributed by atoms with Crippen LogP contribution in [0.1, 0.15) is 25.0 Å². The largest absolute Gasteiger partial charge is 0.443 e. The second-order valence-electron chi connectivity index (χ2n) is 2.13. The Morgan fingerprint density at radius 1 is 1.70 bits per heavy atom. The zero-order valence-electron chi connectivity index (χ0n) is 6.00. The summed E-state index contributed by atoms with van der Waals surface area (Å²) in [5, 5.41) is 8.59. The van der Waals surface area contributed by atoms with Crippen molar-refractivity contribution in [3.8, 4) is 0 Å². The van der Waals surface area contributed by atoms with E-state index in [1.807, 2.05) is 0 Å². The monoisotopic (exact) mass is 141 g/mol. The fourth-order valence-corrected chi connectivity index (χ4v) is 0.751. The summed E-state index contributed by atoms with van der Waals surface area (Å²) in [6.07, 6.45) is 3.43. The molecule has 0 atom stereocenters. The molecule has 1 heterocycles. The molecule has 0 aromatic carbocycles. The van der Waals surface area contributed by atoms with Crippen LogP contribution in [0.3, 0.4) is 0 Å². The van der Waals surface area contributed by atoms with Gasteiger partial charge in [-0.15, -0.1) is 0 Å². The molecule has 3 nitrogen and oxygen atoms in total. The molecule has 0 saturated heterocycles. The Morgan fingerprint density at radius 2 is 2.50 bits per heavy atom. The highest BCUT2D eigenvalue weighted by atomic mass is 16.4. The van der Waals surface area contributed by atoms with Gasteiger partial charge in [-0.25, -0.2) is 4.98 Å². The molecule has 0 spiro atoms. The molecule has 0 fully saturated rings. The molecule has 0 aliphatic rings. The van der Waals surface area contributed by atoms with Crippen LogP contribution in [0.4, 0.5) is 0 Å². The van der Waals surface area contributed by atoms with Gasteiger partial charge in [0.05, 0.1) is 6.20 Å². The van der Waals surface area contributed by atoms with Crippen molar-refractivity contribution >= 4 is 0 Å².